The van der Waals surface area contributed by atoms with Crippen molar-refractivity contribution in [3.63, 3.8) is 0 Å². The van der Waals surface area contributed by atoms with Crippen molar-refractivity contribution in [2.75, 3.05) is 5.32 Å². The van der Waals surface area contributed by atoms with Gasteiger partial charge in [-0.3, -0.25) is 9.59 Å². The number of anilines is 1. The van der Waals surface area contributed by atoms with E-state index < -0.39 is 22.0 Å². The largest absolute Gasteiger partial charge is 0.478 e. The summed E-state index contributed by atoms with van der Waals surface area (Å²) in [4.78, 5) is 27.4. The molecule has 10 heteroatoms. The van der Waals surface area contributed by atoms with Crippen LogP contribution in [0.15, 0.2) is 33.8 Å². The van der Waals surface area contributed by atoms with Gasteiger partial charge in [0, 0.05) is 6.92 Å². The Labute approximate surface area is 143 Å². The summed E-state index contributed by atoms with van der Waals surface area (Å²) in [5, 5.41) is 2.59. The number of rotatable bonds is 4. The Morgan fingerprint density at radius 2 is 2.16 bits per heavy atom. The summed E-state index contributed by atoms with van der Waals surface area (Å²) in [6, 6.07) is 3.94. The van der Waals surface area contributed by atoms with Crippen LogP contribution in [-0.2, 0) is 14.8 Å². The Balaban J connectivity index is 1.85. The summed E-state index contributed by atoms with van der Waals surface area (Å²) < 4.78 is 37.0. The van der Waals surface area contributed by atoms with Crippen molar-refractivity contribution in [3.05, 3.63) is 36.0 Å². The minimum atomic E-state index is -4.16. The number of benzene rings is 1. The van der Waals surface area contributed by atoms with Crippen LogP contribution in [0.5, 0.6) is 5.75 Å². The molecule has 0 saturated heterocycles. The molecule has 0 radical (unpaired) electrons. The third-order valence-corrected chi connectivity index (χ3v) is 4.86. The van der Waals surface area contributed by atoms with Crippen molar-refractivity contribution in [2.45, 2.75) is 31.3 Å². The van der Waals surface area contributed by atoms with E-state index >= 15 is 0 Å². The van der Waals surface area contributed by atoms with Gasteiger partial charge in [-0.2, -0.15) is 0 Å². The fourth-order valence-electron chi connectivity index (χ4n) is 2.27. The maximum atomic E-state index is 12.4. The van der Waals surface area contributed by atoms with E-state index in [1.807, 2.05) is 4.72 Å². The molecule has 0 aliphatic carbocycles. The SMILES string of the molecule is CC[C@@H]1Oc2ccc(S(=O)(=O)NC(=O)c3coc(C)n3)cc2NC1=O. The predicted octanol–water partition coefficient (Wildman–Crippen LogP) is 1.21. The molecule has 0 bridgehead atoms. The topological polar surface area (TPSA) is 128 Å². The smallest absolute Gasteiger partial charge is 0.286 e. The number of nitrogens with one attached hydrogen (secondary N) is 2. The number of carbonyl (C=O) groups excluding carboxylic acids is 2. The summed E-state index contributed by atoms with van der Waals surface area (Å²) in [5.74, 6) is -0.668. The zero-order valence-corrected chi connectivity index (χ0v) is 14.2. The molecule has 2 amide bonds. The van der Waals surface area contributed by atoms with Crippen LogP contribution in [-0.4, -0.2) is 31.3 Å². The second kappa shape index (κ2) is 6.20. The van der Waals surface area contributed by atoms with Crippen molar-refractivity contribution >= 4 is 27.5 Å². The first-order valence-corrected chi connectivity index (χ1v) is 8.89. The number of aryl methyl sites for hydroxylation is 1. The van der Waals surface area contributed by atoms with Crippen LogP contribution in [0.1, 0.15) is 29.7 Å². The minimum Gasteiger partial charge on any atom is -0.478 e. The summed E-state index contributed by atoms with van der Waals surface area (Å²) in [7, 11) is -4.16. The second-order valence-corrected chi connectivity index (χ2v) is 7.03. The molecule has 2 N–H and O–H groups in total. The Morgan fingerprint density at radius 1 is 1.40 bits per heavy atom. The lowest BCUT2D eigenvalue weighted by Gasteiger charge is -2.25. The van der Waals surface area contributed by atoms with Gasteiger partial charge in [0.25, 0.3) is 21.8 Å². The molecule has 1 aliphatic rings. The number of ether oxygens (including phenoxy) is 1. The van der Waals surface area contributed by atoms with Crippen molar-refractivity contribution in [1.82, 2.24) is 9.71 Å². The van der Waals surface area contributed by atoms with Gasteiger partial charge in [0.2, 0.25) is 0 Å². The van der Waals surface area contributed by atoms with Crippen LogP contribution < -0.4 is 14.8 Å². The molecule has 0 fully saturated rings. The van der Waals surface area contributed by atoms with E-state index in [1.54, 1.807) is 6.92 Å². The molecule has 25 heavy (non-hydrogen) atoms. The molecule has 0 unspecified atom stereocenters. The van der Waals surface area contributed by atoms with E-state index in [2.05, 4.69) is 10.3 Å². The first-order valence-electron chi connectivity index (χ1n) is 7.41. The first-order chi connectivity index (χ1) is 11.8. The van der Waals surface area contributed by atoms with Gasteiger partial charge in [0.05, 0.1) is 10.6 Å². The van der Waals surface area contributed by atoms with Gasteiger partial charge in [-0.15, -0.1) is 0 Å². The van der Waals surface area contributed by atoms with Crippen molar-refractivity contribution < 1.29 is 27.2 Å². The van der Waals surface area contributed by atoms with Gasteiger partial charge in [0.1, 0.15) is 12.0 Å². The maximum Gasteiger partial charge on any atom is 0.286 e. The first kappa shape index (κ1) is 17.0. The van der Waals surface area contributed by atoms with E-state index in [-0.39, 0.29) is 28.1 Å². The quantitative estimate of drug-likeness (QED) is 0.833. The number of carbonyl (C=O) groups is 2. The number of nitrogens with zero attached hydrogens (tertiary/aromatic N) is 1. The predicted molar refractivity (Wildman–Crippen MR) is 85.7 cm³/mol. The third kappa shape index (κ3) is 3.33. The fourth-order valence-corrected chi connectivity index (χ4v) is 3.25. The van der Waals surface area contributed by atoms with Gasteiger partial charge < -0.3 is 14.5 Å². The third-order valence-electron chi connectivity index (χ3n) is 3.53. The molecule has 3 rings (SSSR count). The minimum absolute atomic E-state index is 0.151. The molecule has 132 valence electrons. The van der Waals surface area contributed by atoms with Gasteiger partial charge in [-0.25, -0.2) is 18.1 Å². The fraction of sp³-hybridized carbons (Fsp3) is 0.267. The summed E-state index contributed by atoms with van der Waals surface area (Å²) in [5.41, 5.74) is 0.0729. The standard InChI is InChI=1S/C15H15N3O6S/c1-3-12-15(20)17-10-6-9(4-5-13(10)24-12)25(21,22)18-14(19)11-7-23-8(2)16-11/h4-7,12H,3H2,1-2H3,(H,17,20)(H,18,19)/t12-/m0/s1. The zero-order valence-electron chi connectivity index (χ0n) is 13.4. The van der Waals surface area contributed by atoms with Crippen LogP contribution >= 0.6 is 0 Å². The number of amides is 2. The number of hydrogen-bond acceptors (Lipinski definition) is 7. The highest BCUT2D eigenvalue weighted by Gasteiger charge is 2.28. The normalized spacial score (nSPS) is 16.6. The molecule has 0 saturated carbocycles. The van der Waals surface area contributed by atoms with E-state index in [0.717, 1.165) is 6.26 Å². The molecule has 1 aliphatic heterocycles. The van der Waals surface area contributed by atoms with E-state index in [0.29, 0.717) is 12.2 Å². The zero-order chi connectivity index (χ0) is 18.2. The summed E-state index contributed by atoms with van der Waals surface area (Å²) in [6.07, 6.45) is 0.926. The lowest BCUT2D eigenvalue weighted by atomic mass is 10.2. The number of hydrogen-bond donors (Lipinski definition) is 2. The average molecular weight is 365 g/mol. The van der Waals surface area contributed by atoms with Crippen molar-refractivity contribution in [1.29, 1.82) is 0 Å². The highest BCUT2D eigenvalue weighted by Crippen LogP contribution is 2.32. The summed E-state index contributed by atoms with van der Waals surface area (Å²) >= 11 is 0. The Kier molecular flexibility index (Phi) is 4.21. The molecule has 0 spiro atoms. The Morgan fingerprint density at radius 3 is 2.80 bits per heavy atom. The van der Waals surface area contributed by atoms with E-state index in [1.165, 1.54) is 25.1 Å². The van der Waals surface area contributed by atoms with Gasteiger partial charge >= 0.3 is 0 Å². The maximum absolute atomic E-state index is 12.4. The molecule has 1 aromatic heterocycles. The van der Waals surface area contributed by atoms with Crippen LogP contribution in [0, 0.1) is 6.92 Å². The number of fused-ring (bicyclic) bond motifs is 1. The molecule has 1 atom stereocenters. The molecule has 1 aromatic carbocycles. The Hall–Kier alpha value is -2.88. The number of oxazole rings is 1. The van der Waals surface area contributed by atoms with E-state index in [4.69, 9.17) is 9.15 Å². The molecule has 2 aromatic rings. The second-order valence-electron chi connectivity index (χ2n) is 5.35. The van der Waals surface area contributed by atoms with Crippen molar-refractivity contribution in [2.24, 2.45) is 0 Å². The Bertz CT molecular complexity index is 950. The van der Waals surface area contributed by atoms with E-state index in [9.17, 15) is 18.0 Å². The van der Waals surface area contributed by atoms with Crippen LogP contribution in [0.25, 0.3) is 0 Å². The van der Waals surface area contributed by atoms with Crippen LogP contribution in [0.2, 0.25) is 0 Å². The molecular weight excluding hydrogens is 350 g/mol. The lowest BCUT2D eigenvalue weighted by Crippen LogP contribution is -2.36. The molecule has 2 heterocycles. The number of sulfonamides is 1. The van der Waals surface area contributed by atoms with Gasteiger partial charge in [0.15, 0.2) is 17.7 Å². The molecule has 9 nitrogen and oxygen atoms in total. The number of aromatic nitrogens is 1. The highest BCUT2D eigenvalue weighted by molar-refractivity contribution is 7.90. The average Bonchev–Trinajstić information content (AvgIpc) is 3.00. The molecular formula is C15H15N3O6S. The van der Waals surface area contributed by atoms with Crippen molar-refractivity contribution in [3.8, 4) is 5.75 Å². The van der Waals surface area contributed by atoms with Gasteiger partial charge in [-0.1, -0.05) is 6.92 Å². The van der Waals surface area contributed by atoms with Crippen LogP contribution in [0.3, 0.4) is 0 Å². The highest BCUT2D eigenvalue weighted by atomic mass is 32.2. The van der Waals surface area contributed by atoms with Gasteiger partial charge in [-0.05, 0) is 24.6 Å². The van der Waals surface area contributed by atoms with Crippen LogP contribution in [0.4, 0.5) is 5.69 Å². The summed E-state index contributed by atoms with van der Waals surface area (Å²) in [6.45, 7) is 3.33. The lowest BCUT2D eigenvalue weighted by molar-refractivity contribution is -0.123. The monoisotopic (exact) mass is 365 g/mol.